The summed E-state index contributed by atoms with van der Waals surface area (Å²) >= 11 is 4.35. The Morgan fingerprint density at radius 1 is 1.28 bits per heavy atom. The van der Waals surface area contributed by atoms with E-state index in [0.717, 1.165) is 24.0 Å². The van der Waals surface area contributed by atoms with Gasteiger partial charge >= 0.3 is 5.97 Å². The van der Waals surface area contributed by atoms with Gasteiger partial charge in [-0.05, 0) is 93.6 Å². The standard InChI is InChI=1S/C20H14I2N2O5/c1-11(2)10-28-18-15(21)7-12(8-16(18)22)9-17-20(25)29-19(23-17)13-3-5-14(6-4-13)24(26)27/h3-9H,1,10H2,2H3/b17-9-. The monoisotopic (exact) mass is 616 g/mol. The zero-order valence-electron chi connectivity index (χ0n) is 15.1. The number of hydrogen-bond donors (Lipinski definition) is 0. The zero-order chi connectivity index (χ0) is 21.1. The highest BCUT2D eigenvalue weighted by molar-refractivity contribution is 14.1. The van der Waals surface area contributed by atoms with Crippen LogP contribution in [0.5, 0.6) is 5.75 Å². The molecule has 1 heterocycles. The number of halogens is 2. The van der Waals surface area contributed by atoms with E-state index in [-0.39, 0.29) is 17.3 Å². The van der Waals surface area contributed by atoms with Crippen LogP contribution in [-0.4, -0.2) is 23.4 Å². The van der Waals surface area contributed by atoms with Gasteiger partial charge in [-0.3, -0.25) is 10.1 Å². The number of rotatable bonds is 6. The molecule has 7 nitrogen and oxygen atoms in total. The molecule has 0 aromatic heterocycles. The number of non-ortho nitro benzene ring substituents is 1. The highest BCUT2D eigenvalue weighted by atomic mass is 127. The SMILES string of the molecule is C=C(C)COc1c(I)cc(/C=C2\N=C(c3ccc([N+](=O)[O-])cc3)OC2=O)cc1I. The molecule has 0 amide bonds. The molecule has 0 saturated carbocycles. The molecule has 2 aromatic carbocycles. The number of ether oxygens (including phenoxy) is 2. The van der Waals surface area contributed by atoms with Crippen molar-refractivity contribution in [3.05, 3.63) is 82.6 Å². The molecule has 0 unspecified atom stereocenters. The second kappa shape index (κ2) is 9.03. The first-order valence-corrected chi connectivity index (χ1v) is 10.4. The second-order valence-corrected chi connectivity index (χ2v) is 8.52. The third-order valence-corrected chi connectivity index (χ3v) is 5.34. The van der Waals surface area contributed by atoms with Crippen LogP contribution in [0.15, 0.2) is 59.2 Å². The summed E-state index contributed by atoms with van der Waals surface area (Å²) in [6, 6.07) is 9.43. The Bertz CT molecular complexity index is 1050. The fourth-order valence-electron chi connectivity index (χ4n) is 2.41. The predicted molar refractivity (Wildman–Crippen MR) is 126 cm³/mol. The van der Waals surface area contributed by atoms with Gasteiger partial charge in [-0.15, -0.1) is 0 Å². The molecule has 148 valence electrons. The molecule has 0 fully saturated rings. The Morgan fingerprint density at radius 3 is 2.45 bits per heavy atom. The van der Waals surface area contributed by atoms with Crippen molar-refractivity contribution in [2.24, 2.45) is 4.99 Å². The van der Waals surface area contributed by atoms with Crippen molar-refractivity contribution in [3.63, 3.8) is 0 Å². The number of hydrogen-bond acceptors (Lipinski definition) is 6. The summed E-state index contributed by atoms with van der Waals surface area (Å²) in [5.74, 6) is 0.299. The Kier molecular flexibility index (Phi) is 6.67. The van der Waals surface area contributed by atoms with E-state index in [1.165, 1.54) is 24.3 Å². The van der Waals surface area contributed by atoms with E-state index in [2.05, 4.69) is 56.8 Å². The first kappa shape index (κ1) is 21.4. The maximum atomic E-state index is 12.2. The van der Waals surface area contributed by atoms with Gasteiger partial charge in [0, 0.05) is 17.7 Å². The van der Waals surface area contributed by atoms with Gasteiger partial charge in [-0.2, -0.15) is 0 Å². The number of cyclic esters (lactones) is 1. The molecule has 0 atom stereocenters. The van der Waals surface area contributed by atoms with Crippen molar-refractivity contribution >= 4 is 68.8 Å². The molecule has 0 radical (unpaired) electrons. The lowest BCUT2D eigenvalue weighted by molar-refractivity contribution is -0.384. The Labute approximate surface area is 193 Å². The van der Waals surface area contributed by atoms with Gasteiger partial charge in [-0.1, -0.05) is 6.58 Å². The fourth-order valence-corrected chi connectivity index (χ4v) is 4.54. The number of nitro benzene ring substituents is 1. The van der Waals surface area contributed by atoms with Gasteiger partial charge < -0.3 is 9.47 Å². The number of carbonyl (C=O) groups is 1. The Morgan fingerprint density at radius 2 is 1.90 bits per heavy atom. The normalized spacial score (nSPS) is 14.5. The molecule has 0 saturated heterocycles. The van der Waals surface area contributed by atoms with E-state index >= 15 is 0 Å². The van der Waals surface area contributed by atoms with Crippen LogP contribution in [-0.2, 0) is 9.53 Å². The molecule has 0 aliphatic carbocycles. The van der Waals surface area contributed by atoms with E-state index in [1.807, 2.05) is 19.1 Å². The molecule has 2 aromatic rings. The van der Waals surface area contributed by atoms with Crippen LogP contribution in [0, 0.1) is 17.3 Å². The zero-order valence-corrected chi connectivity index (χ0v) is 19.5. The van der Waals surface area contributed by atoms with E-state index in [9.17, 15) is 14.9 Å². The number of aliphatic imine (C=N–C) groups is 1. The second-order valence-electron chi connectivity index (χ2n) is 6.20. The maximum absolute atomic E-state index is 12.2. The summed E-state index contributed by atoms with van der Waals surface area (Å²) < 4.78 is 12.8. The molecule has 0 bridgehead atoms. The van der Waals surface area contributed by atoms with E-state index in [4.69, 9.17) is 9.47 Å². The number of benzene rings is 2. The van der Waals surface area contributed by atoms with Crippen LogP contribution in [0.4, 0.5) is 5.69 Å². The molecule has 1 aliphatic heterocycles. The highest BCUT2D eigenvalue weighted by Gasteiger charge is 2.25. The van der Waals surface area contributed by atoms with Crippen LogP contribution < -0.4 is 4.74 Å². The van der Waals surface area contributed by atoms with Crippen molar-refractivity contribution in [1.29, 1.82) is 0 Å². The largest absolute Gasteiger partial charge is 0.487 e. The van der Waals surface area contributed by atoms with Gasteiger partial charge in [0.05, 0.1) is 12.1 Å². The van der Waals surface area contributed by atoms with E-state index in [1.54, 1.807) is 6.08 Å². The minimum Gasteiger partial charge on any atom is -0.487 e. The maximum Gasteiger partial charge on any atom is 0.363 e. The van der Waals surface area contributed by atoms with Crippen LogP contribution in [0.25, 0.3) is 6.08 Å². The average Bonchev–Trinajstić information content (AvgIpc) is 3.01. The molecular weight excluding hydrogens is 602 g/mol. The Hall–Kier alpha value is -2.28. The molecule has 29 heavy (non-hydrogen) atoms. The minimum atomic E-state index is -0.578. The molecule has 3 rings (SSSR count). The smallest absolute Gasteiger partial charge is 0.363 e. The van der Waals surface area contributed by atoms with Gasteiger partial charge in [0.15, 0.2) is 5.70 Å². The van der Waals surface area contributed by atoms with E-state index in [0.29, 0.717) is 12.2 Å². The molecule has 9 heteroatoms. The summed E-state index contributed by atoms with van der Waals surface area (Å²) in [4.78, 5) is 26.7. The predicted octanol–water partition coefficient (Wildman–Crippen LogP) is 5.10. The molecule has 0 spiro atoms. The van der Waals surface area contributed by atoms with Gasteiger partial charge in [0.1, 0.15) is 12.4 Å². The number of carbonyl (C=O) groups excluding carboxylic acids is 1. The van der Waals surface area contributed by atoms with Gasteiger partial charge in [0.2, 0.25) is 5.90 Å². The summed E-state index contributed by atoms with van der Waals surface area (Å²) in [5.41, 5.74) is 2.29. The number of esters is 1. The van der Waals surface area contributed by atoms with Crippen LogP contribution in [0.3, 0.4) is 0 Å². The van der Waals surface area contributed by atoms with Crippen molar-refractivity contribution in [1.82, 2.24) is 0 Å². The van der Waals surface area contributed by atoms with E-state index < -0.39 is 10.9 Å². The van der Waals surface area contributed by atoms with Gasteiger partial charge in [-0.25, -0.2) is 9.79 Å². The number of nitrogens with zero attached hydrogens (tertiary/aromatic N) is 2. The van der Waals surface area contributed by atoms with Crippen molar-refractivity contribution < 1.29 is 19.2 Å². The minimum absolute atomic E-state index is 0.0486. The lowest BCUT2D eigenvalue weighted by atomic mass is 10.2. The topological polar surface area (TPSA) is 91.0 Å². The molecular formula is C20H14I2N2O5. The Balaban J connectivity index is 1.87. The fraction of sp³-hybridized carbons (Fsp3) is 0.100. The van der Waals surface area contributed by atoms with Crippen LogP contribution in [0.2, 0.25) is 0 Å². The first-order valence-electron chi connectivity index (χ1n) is 8.28. The quantitative estimate of drug-likeness (QED) is 0.113. The van der Waals surface area contributed by atoms with Crippen molar-refractivity contribution in [2.45, 2.75) is 6.92 Å². The molecule has 0 N–H and O–H groups in total. The average molecular weight is 616 g/mol. The third kappa shape index (κ3) is 5.21. The third-order valence-electron chi connectivity index (χ3n) is 3.73. The summed E-state index contributed by atoms with van der Waals surface area (Å²) in [5, 5.41) is 10.8. The summed E-state index contributed by atoms with van der Waals surface area (Å²) in [6.07, 6.45) is 1.63. The lowest BCUT2D eigenvalue weighted by Gasteiger charge is -2.11. The summed E-state index contributed by atoms with van der Waals surface area (Å²) in [6.45, 7) is 6.16. The van der Waals surface area contributed by atoms with Crippen molar-refractivity contribution in [2.75, 3.05) is 6.61 Å². The van der Waals surface area contributed by atoms with Gasteiger partial charge in [0.25, 0.3) is 5.69 Å². The highest BCUT2D eigenvalue weighted by Crippen LogP contribution is 2.31. The van der Waals surface area contributed by atoms with Crippen molar-refractivity contribution in [3.8, 4) is 5.75 Å². The van der Waals surface area contributed by atoms with Crippen LogP contribution >= 0.6 is 45.2 Å². The number of nitro groups is 1. The first-order chi connectivity index (χ1) is 13.7. The molecule has 1 aliphatic rings. The lowest BCUT2D eigenvalue weighted by Crippen LogP contribution is -2.05. The van der Waals surface area contributed by atoms with Crippen LogP contribution in [0.1, 0.15) is 18.1 Å². The summed E-state index contributed by atoms with van der Waals surface area (Å²) in [7, 11) is 0.